The highest BCUT2D eigenvalue weighted by molar-refractivity contribution is 5.85. The molecule has 2 aromatic rings. The van der Waals surface area contributed by atoms with Crippen LogP contribution in [0.3, 0.4) is 0 Å². The number of aliphatic hydroxyl groups is 1. The Morgan fingerprint density at radius 3 is 3.09 bits per heavy atom. The van der Waals surface area contributed by atoms with Crippen molar-refractivity contribution in [2.75, 3.05) is 13.7 Å². The predicted molar refractivity (Wildman–Crippen MR) is 81.6 cm³/mol. The molecule has 23 heavy (non-hydrogen) atoms. The van der Waals surface area contributed by atoms with Crippen molar-refractivity contribution in [3.63, 3.8) is 0 Å². The van der Waals surface area contributed by atoms with Crippen molar-refractivity contribution in [1.29, 1.82) is 0 Å². The molecule has 1 aromatic carbocycles. The fourth-order valence-corrected chi connectivity index (χ4v) is 2.97. The van der Waals surface area contributed by atoms with Gasteiger partial charge in [-0.2, -0.15) is 5.10 Å². The van der Waals surface area contributed by atoms with Crippen LogP contribution in [0.5, 0.6) is 5.75 Å². The van der Waals surface area contributed by atoms with Crippen LogP contribution in [-0.4, -0.2) is 51.9 Å². The van der Waals surface area contributed by atoms with Crippen molar-refractivity contribution < 1.29 is 24.5 Å². The number of fused-ring (bicyclic) bond motifs is 3. The smallest absolute Gasteiger partial charge is 0.404 e. The number of carboxylic acid groups (broad SMARTS) is 1. The highest BCUT2D eigenvalue weighted by atomic mass is 16.5. The molecule has 8 nitrogen and oxygen atoms in total. The SMILES string of the molecule is COC1c2c(ccc3cnn(CC(C)NC(=O)O)c23)OCC1O. The van der Waals surface area contributed by atoms with E-state index in [1.54, 1.807) is 17.8 Å². The van der Waals surface area contributed by atoms with Gasteiger partial charge in [0.2, 0.25) is 0 Å². The summed E-state index contributed by atoms with van der Waals surface area (Å²) in [7, 11) is 1.54. The molecule has 0 bridgehead atoms. The van der Waals surface area contributed by atoms with Gasteiger partial charge >= 0.3 is 6.09 Å². The molecule has 1 aliphatic rings. The number of benzene rings is 1. The van der Waals surface area contributed by atoms with Crippen LogP contribution < -0.4 is 10.1 Å². The molecule has 8 heteroatoms. The molecule has 0 aliphatic carbocycles. The second kappa shape index (κ2) is 6.05. The lowest BCUT2D eigenvalue weighted by atomic mass is 9.98. The van der Waals surface area contributed by atoms with Crippen molar-refractivity contribution in [3.05, 3.63) is 23.9 Å². The summed E-state index contributed by atoms with van der Waals surface area (Å²) in [5.41, 5.74) is 1.52. The topological polar surface area (TPSA) is 106 Å². The minimum absolute atomic E-state index is 0.169. The number of methoxy groups -OCH3 is 1. The largest absolute Gasteiger partial charge is 0.490 e. The molecule has 0 saturated heterocycles. The molecule has 124 valence electrons. The molecule has 1 amide bonds. The Labute approximate surface area is 132 Å². The average Bonchev–Trinajstić information content (AvgIpc) is 2.89. The summed E-state index contributed by atoms with van der Waals surface area (Å²) in [5.74, 6) is 0.648. The van der Waals surface area contributed by atoms with Crippen LogP contribution in [0, 0.1) is 0 Å². The summed E-state index contributed by atoms with van der Waals surface area (Å²) in [5, 5.41) is 26.6. The maximum absolute atomic E-state index is 10.8. The van der Waals surface area contributed by atoms with Gasteiger partial charge in [0.25, 0.3) is 0 Å². The minimum Gasteiger partial charge on any atom is -0.490 e. The Morgan fingerprint density at radius 2 is 2.39 bits per heavy atom. The lowest BCUT2D eigenvalue weighted by Gasteiger charge is -2.30. The Balaban J connectivity index is 2.06. The molecule has 0 radical (unpaired) electrons. The summed E-state index contributed by atoms with van der Waals surface area (Å²) in [6.45, 7) is 2.29. The van der Waals surface area contributed by atoms with Crippen molar-refractivity contribution in [1.82, 2.24) is 15.1 Å². The molecule has 1 aliphatic heterocycles. The van der Waals surface area contributed by atoms with Gasteiger partial charge in [0.15, 0.2) is 0 Å². The van der Waals surface area contributed by atoms with Crippen molar-refractivity contribution >= 4 is 17.0 Å². The minimum atomic E-state index is -1.08. The highest BCUT2D eigenvalue weighted by Crippen LogP contribution is 2.39. The monoisotopic (exact) mass is 321 g/mol. The Hall–Kier alpha value is -2.32. The van der Waals surface area contributed by atoms with Crippen LogP contribution in [0.4, 0.5) is 4.79 Å². The van der Waals surface area contributed by atoms with E-state index >= 15 is 0 Å². The first-order valence-corrected chi connectivity index (χ1v) is 7.32. The van der Waals surface area contributed by atoms with Crippen molar-refractivity contribution in [3.8, 4) is 5.75 Å². The zero-order chi connectivity index (χ0) is 16.6. The highest BCUT2D eigenvalue weighted by Gasteiger charge is 2.32. The van der Waals surface area contributed by atoms with E-state index in [0.717, 1.165) is 16.5 Å². The first-order chi connectivity index (χ1) is 11.0. The van der Waals surface area contributed by atoms with Gasteiger partial charge in [0.1, 0.15) is 24.6 Å². The van der Waals surface area contributed by atoms with Crippen molar-refractivity contribution in [2.45, 2.75) is 31.7 Å². The van der Waals surface area contributed by atoms with Gasteiger partial charge in [-0.25, -0.2) is 4.79 Å². The predicted octanol–water partition coefficient (Wildman–Crippen LogP) is 1.13. The van der Waals surface area contributed by atoms with E-state index in [1.165, 1.54) is 7.11 Å². The van der Waals surface area contributed by atoms with Gasteiger partial charge in [-0.05, 0) is 19.1 Å². The van der Waals surface area contributed by atoms with E-state index in [1.807, 2.05) is 12.1 Å². The number of amides is 1. The Morgan fingerprint density at radius 1 is 1.61 bits per heavy atom. The molecular weight excluding hydrogens is 302 g/mol. The van der Waals surface area contributed by atoms with Gasteiger partial charge in [-0.15, -0.1) is 0 Å². The van der Waals surface area contributed by atoms with Crippen LogP contribution in [0.25, 0.3) is 10.9 Å². The average molecular weight is 321 g/mol. The lowest BCUT2D eigenvalue weighted by Crippen LogP contribution is -2.35. The molecule has 1 aromatic heterocycles. The standard InChI is InChI=1S/C15H19N3O5/c1-8(17-15(20)21)6-18-13-9(5-16-18)3-4-11-12(13)14(22-2)10(19)7-23-11/h3-5,8,10,14,17,19H,6-7H2,1-2H3,(H,20,21). The van der Waals surface area contributed by atoms with E-state index in [4.69, 9.17) is 14.6 Å². The number of hydrogen-bond acceptors (Lipinski definition) is 5. The van der Waals surface area contributed by atoms with E-state index in [0.29, 0.717) is 12.3 Å². The third-order valence-corrected chi connectivity index (χ3v) is 3.92. The van der Waals surface area contributed by atoms with Crippen LogP contribution in [-0.2, 0) is 11.3 Å². The number of hydrogen-bond donors (Lipinski definition) is 3. The third-order valence-electron chi connectivity index (χ3n) is 3.92. The number of nitrogens with one attached hydrogen (secondary N) is 1. The zero-order valence-corrected chi connectivity index (χ0v) is 12.9. The molecule has 3 atom stereocenters. The second-order valence-electron chi connectivity index (χ2n) is 5.63. The molecule has 0 saturated carbocycles. The molecule has 0 fully saturated rings. The number of nitrogens with zero attached hydrogens (tertiary/aromatic N) is 2. The van der Waals surface area contributed by atoms with Crippen LogP contribution >= 0.6 is 0 Å². The molecule has 3 unspecified atom stereocenters. The van der Waals surface area contributed by atoms with E-state index in [2.05, 4.69) is 10.4 Å². The van der Waals surface area contributed by atoms with Crippen LogP contribution in [0.1, 0.15) is 18.6 Å². The molecule has 0 spiro atoms. The number of ether oxygens (including phenoxy) is 2. The molecular formula is C15H19N3O5. The Bertz CT molecular complexity index is 729. The summed E-state index contributed by atoms with van der Waals surface area (Å²) in [6.07, 6.45) is -0.655. The van der Waals surface area contributed by atoms with Gasteiger partial charge in [0, 0.05) is 18.5 Å². The molecule has 3 N–H and O–H groups in total. The summed E-state index contributed by atoms with van der Waals surface area (Å²) < 4.78 is 12.8. The number of carbonyl (C=O) groups is 1. The van der Waals surface area contributed by atoms with Gasteiger partial charge in [0.05, 0.1) is 23.8 Å². The number of aliphatic hydroxyl groups excluding tert-OH is 1. The van der Waals surface area contributed by atoms with Crippen LogP contribution in [0.2, 0.25) is 0 Å². The first-order valence-electron chi connectivity index (χ1n) is 7.32. The summed E-state index contributed by atoms with van der Waals surface area (Å²) in [4.78, 5) is 10.8. The summed E-state index contributed by atoms with van der Waals surface area (Å²) in [6, 6.07) is 3.40. The maximum Gasteiger partial charge on any atom is 0.404 e. The maximum atomic E-state index is 10.8. The van der Waals surface area contributed by atoms with E-state index in [-0.39, 0.29) is 12.6 Å². The summed E-state index contributed by atoms with van der Waals surface area (Å²) >= 11 is 0. The normalized spacial score (nSPS) is 21.5. The van der Waals surface area contributed by atoms with Crippen LogP contribution in [0.15, 0.2) is 18.3 Å². The zero-order valence-electron chi connectivity index (χ0n) is 12.9. The number of aromatic nitrogens is 2. The fraction of sp³-hybridized carbons (Fsp3) is 0.467. The fourth-order valence-electron chi connectivity index (χ4n) is 2.97. The first kappa shape index (κ1) is 15.6. The van der Waals surface area contributed by atoms with E-state index in [9.17, 15) is 9.90 Å². The van der Waals surface area contributed by atoms with E-state index < -0.39 is 18.3 Å². The molecule has 3 rings (SSSR count). The van der Waals surface area contributed by atoms with Gasteiger partial charge in [-0.1, -0.05) is 0 Å². The van der Waals surface area contributed by atoms with Crippen molar-refractivity contribution in [2.24, 2.45) is 0 Å². The lowest BCUT2D eigenvalue weighted by molar-refractivity contribution is -0.0482. The van der Waals surface area contributed by atoms with Gasteiger partial charge in [-0.3, -0.25) is 4.68 Å². The third kappa shape index (κ3) is 2.82. The second-order valence-corrected chi connectivity index (χ2v) is 5.63. The number of rotatable bonds is 4. The quantitative estimate of drug-likeness (QED) is 0.779. The molecule has 2 heterocycles. The Kier molecular flexibility index (Phi) is 4.10. The van der Waals surface area contributed by atoms with Gasteiger partial charge < -0.3 is 25.0 Å².